The Kier molecular flexibility index (Phi) is 4.26. The molecule has 0 saturated carbocycles. The van der Waals surface area contributed by atoms with Gasteiger partial charge in [-0.1, -0.05) is 0 Å². The molecule has 0 atom stereocenters. The van der Waals surface area contributed by atoms with Crippen molar-refractivity contribution in [3.63, 3.8) is 0 Å². The number of hydrogen-bond donors (Lipinski definition) is 3. The number of hydrogen-bond acceptors (Lipinski definition) is 5. The topological polar surface area (TPSA) is 121 Å². The second-order valence-corrected chi connectivity index (χ2v) is 4.60. The third kappa shape index (κ3) is 5.05. The minimum absolute atomic E-state index is 0.690. The van der Waals surface area contributed by atoms with Gasteiger partial charge in [-0.15, -0.1) is 0 Å². The molecule has 1 aromatic rings. The summed E-state index contributed by atoms with van der Waals surface area (Å²) in [6.07, 6.45) is -2.77. The highest BCUT2D eigenvalue weighted by Crippen LogP contribution is 2.14. The number of alkyl halides is 3. The molecule has 1 aromatic heterocycles. The molecule has 0 aliphatic carbocycles. The summed E-state index contributed by atoms with van der Waals surface area (Å²) in [6, 6.07) is 0. The van der Waals surface area contributed by atoms with E-state index in [1.807, 2.05) is 0 Å². The monoisotopic (exact) mass is 300 g/mol. The highest BCUT2D eigenvalue weighted by Gasteiger charge is 2.30. The molecule has 0 spiro atoms. The molecule has 0 radical (unpaired) electrons. The first-order valence-electron chi connectivity index (χ1n) is 4.49. The molecule has 0 aliphatic heterocycles. The number of nitrogens with zero attached hydrogens (tertiary/aromatic N) is 2. The second kappa shape index (κ2) is 5.36. The van der Waals surface area contributed by atoms with E-state index in [0.29, 0.717) is 0 Å². The minimum atomic E-state index is -4.74. The SMILES string of the molecule is O=C(O)c1nccnc1NS(=O)(=O)NCC(F)(F)F. The van der Waals surface area contributed by atoms with E-state index in [4.69, 9.17) is 5.11 Å². The van der Waals surface area contributed by atoms with Crippen molar-refractivity contribution in [3.8, 4) is 0 Å². The first-order valence-corrected chi connectivity index (χ1v) is 5.97. The quantitative estimate of drug-likeness (QED) is 0.703. The largest absolute Gasteiger partial charge is 0.476 e. The summed E-state index contributed by atoms with van der Waals surface area (Å²) < 4.78 is 60.8. The lowest BCUT2D eigenvalue weighted by atomic mass is 10.4. The molecule has 19 heavy (non-hydrogen) atoms. The number of carboxylic acid groups (broad SMARTS) is 1. The van der Waals surface area contributed by atoms with Crippen molar-refractivity contribution in [3.05, 3.63) is 18.1 Å². The van der Waals surface area contributed by atoms with Crippen LogP contribution >= 0.6 is 0 Å². The van der Waals surface area contributed by atoms with Crippen molar-refractivity contribution in [2.75, 3.05) is 11.3 Å². The molecule has 12 heteroatoms. The first-order chi connectivity index (χ1) is 8.61. The van der Waals surface area contributed by atoms with Crippen molar-refractivity contribution in [2.45, 2.75) is 6.18 Å². The molecule has 0 saturated heterocycles. The van der Waals surface area contributed by atoms with E-state index in [-0.39, 0.29) is 0 Å². The zero-order valence-electron chi connectivity index (χ0n) is 8.97. The fourth-order valence-corrected chi connectivity index (χ4v) is 1.74. The van der Waals surface area contributed by atoms with Crippen LogP contribution in [0, 0.1) is 0 Å². The van der Waals surface area contributed by atoms with E-state index >= 15 is 0 Å². The van der Waals surface area contributed by atoms with Crippen LogP contribution < -0.4 is 9.44 Å². The molecule has 0 aliphatic rings. The van der Waals surface area contributed by atoms with Crippen molar-refractivity contribution in [1.82, 2.24) is 14.7 Å². The molecule has 0 amide bonds. The number of carbonyl (C=O) groups is 1. The summed E-state index contributed by atoms with van der Waals surface area (Å²) >= 11 is 0. The number of nitrogens with one attached hydrogen (secondary N) is 2. The number of anilines is 1. The number of aromatic nitrogens is 2. The van der Waals surface area contributed by atoms with Gasteiger partial charge in [0.05, 0.1) is 0 Å². The molecule has 0 fully saturated rings. The minimum Gasteiger partial charge on any atom is -0.476 e. The van der Waals surface area contributed by atoms with Gasteiger partial charge in [-0.2, -0.15) is 26.3 Å². The van der Waals surface area contributed by atoms with Gasteiger partial charge < -0.3 is 5.11 Å². The lowest BCUT2D eigenvalue weighted by Gasteiger charge is -2.11. The molecular weight excluding hydrogens is 293 g/mol. The molecule has 0 unspecified atom stereocenters. The predicted molar refractivity (Wildman–Crippen MR) is 55.6 cm³/mol. The Morgan fingerprint density at radius 2 is 1.89 bits per heavy atom. The maximum Gasteiger partial charge on any atom is 0.402 e. The Morgan fingerprint density at radius 1 is 1.32 bits per heavy atom. The molecule has 106 valence electrons. The average molecular weight is 300 g/mol. The Balaban J connectivity index is 2.87. The summed E-state index contributed by atoms with van der Waals surface area (Å²) in [5, 5.41) is 8.68. The molecule has 8 nitrogen and oxygen atoms in total. The second-order valence-electron chi connectivity index (χ2n) is 3.10. The number of halogens is 3. The maximum atomic E-state index is 11.9. The molecule has 3 N–H and O–H groups in total. The highest BCUT2D eigenvalue weighted by molar-refractivity contribution is 7.90. The molecule has 0 aromatic carbocycles. The Bertz CT molecular complexity index is 574. The summed E-state index contributed by atoms with van der Waals surface area (Å²) in [7, 11) is -4.61. The van der Waals surface area contributed by atoms with Gasteiger partial charge in [0.1, 0.15) is 6.54 Å². The zero-order valence-corrected chi connectivity index (χ0v) is 9.79. The lowest BCUT2D eigenvalue weighted by molar-refractivity contribution is -0.121. The van der Waals surface area contributed by atoms with E-state index in [9.17, 15) is 26.4 Å². The van der Waals surface area contributed by atoms with Gasteiger partial charge in [-0.05, 0) is 0 Å². The molecular formula is C7H7F3N4O4S. The summed E-state index contributed by atoms with van der Waals surface area (Å²) in [4.78, 5) is 17.4. The maximum absolute atomic E-state index is 11.9. The van der Waals surface area contributed by atoms with Gasteiger partial charge in [0.15, 0.2) is 11.5 Å². The third-order valence-electron chi connectivity index (χ3n) is 1.59. The summed E-state index contributed by atoms with van der Waals surface area (Å²) in [5.74, 6) is -2.27. The number of aromatic carboxylic acids is 1. The molecule has 1 rings (SSSR count). The highest BCUT2D eigenvalue weighted by atomic mass is 32.2. The van der Waals surface area contributed by atoms with Crippen LogP contribution in [0.1, 0.15) is 10.5 Å². The van der Waals surface area contributed by atoms with Crippen LogP contribution in [-0.4, -0.2) is 42.2 Å². The molecule has 0 bridgehead atoms. The van der Waals surface area contributed by atoms with Crippen LogP contribution in [0.2, 0.25) is 0 Å². The third-order valence-corrected chi connectivity index (χ3v) is 2.58. The summed E-state index contributed by atoms with van der Waals surface area (Å²) in [6.45, 7) is -1.80. The Morgan fingerprint density at radius 3 is 2.42 bits per heavy atom. The van der Waals surface area contributed by atoms with Gasteiger partial charge in [0.2, 0.25) is 0 Å². The fraction of sp³-hybridized carbons (Fsp3) is 0.286. The predicted octanol–water partition coefficient (Wildman–Crippen LogP) is -0.0166. The first kappa shape index (κ1) is 15.1. The Hall–Kier alpha value is -1.95. The van der Waals surface area contributed by atoms with Crippen LogP contribution in [-0.2, 0) is 10.2 Å². The lowest BCUT2D eigenvalue weighted by Crippen LogP contribution is -2.38. The number of rotatable bonds is 5. The molecule has 1 heterocycles. The van der Waals surface area contributed by atoms with E-state index in [1.54, 1.807) is 4.72 Å². The van der Waals surface area contributed by atoms with Gasteiger partial charge in [0, 0.05) is 12.4 Å². The van der Waals surface area contributed by atoms with Gasteiger partial charge in [-0.3, -0.25) is 4.72 Å². The van der Waals surface area contributed by atoms with Crippen molar-refractivity contribution < 1.29 is 31.5 Å². The van der Waals surface area contributed by atoms with Gasteiger partial charge >= 0.3 is 22.4 Å². The smallest absolute Gasteiger partial charge is 0.402 e. The number of carboxylic acids is 1. The normalized spacial score (nSPS) is 12.2. The van der Waals surface area contributed by atoms with E-state index in [2.05, 4.69) is 9.97 Å². The fourth-order valence-electron chi connectivity index (χ4n) is 0.909. The Labute approximate surface area is 104 Å². The van der Waals surface area contributed by atoms with E-state index in [1.165, 1.54) is 4.72 Å². The average Bonchev–Trinajstić information content (AvgIpc) is 2.26. The van der Waals surface area contributed by atoms with Crippen LogP contribution in [0.3, 0.4) is 0 Å². The van der Waals surface area contributed by atoms with Crippen LogP contribution in [0.4, 0.5) is 19.0 Å². The van der Waals surface area contributed by atoms with Crippen molar-refractivity contribution >= 4 is 22.0 Å². The van der Waals surface area contributed by atoms with Gasteiger partial charge in [0.25, 0.3) is 0 Å². The standard InChI is InChI=1S/C7H7F3N4O4S/c8-7(9,10)3-13-19(17,18)14-5-4(6(15)16)11-1-2-12-5/h1-2,13H,3H2,(H,12,14)(H,15,16). The van der Waals surface area contributed by atoms with Crippen LogP contribution in [0.5, 0.6) is 0 Å². The van der Waals surface area contributed by atoms with Crippen LogP contribution in [0.25, 0.3) is 0 Å². The van der Waals surface area contributed by atoms with E-state index in [0.717, 1.165) is 12.4 Å². The van der Waals surface area contributed by atoms with E-state index < -0.39 is 40.4 Å². The summed E-state index contributed by atoms with van der Waals surface area (Å²) in [5.41, 5.74) is -0.736. The van der Waals surface area contributed by atoms with Crippen molar-refractivity contribution in [1.29, 1.82) is 0 Å². The van der Waals surface area contributed by atoms with Crippen molar-refractivity contribution in [2.24, 2.45) is 0 Å². The van der Waals surface area contributed by atoms with Crippen LogP contribution in [0.15, 0.2) is 12.4 Å². The zero-order chi connectivity index (χ0) is 14.7. The van der Waals surface area contributed by atoms with Gasteiger partial charge in [-0.25, -0.2) is 14.8 Å².